The first kappa shape index (κ1) is 25.6. The molecule has 11 nitrogen and oxygen atoms in total. The van der Waals surface area contributed by atoms with E-state index in [1.54, 1.807) is 31.0 Å². The summed E-state index contributed by atoms with van der Waals surface area (Å²) in [5, 5.41) is 11.1. The maximum Gasteiger partial charge on any atom is 0.280 e. The van der Waals surface area contributed by atoms with E-state index in [9.17, 15) is 21.9 Å². The van der Waals surface area contributed by atoms with Crippen LogP contribution in [0.5, 0.6) is 0 Å². The van der Waals surface area contributed by atoms with Crippen molar-refractivity contribution < 1.29 is 26.7 Å². The third-order valence-electron chi connectivity index (χ3n) is 5.75. The molecule has 2 aromatic heterocycles. The minimum absolute atomic E-state index is 0.0866. The van der Waals surface area contributed by atoms with Crippen LogP contribution >= 0.6 is 0 Å². The Morgan fingerprint density at radius 2 is 1.94 bits per heavy atom. The molecule has 0 amide bonds. The summed E-state index contributed by atoms with van der Waals surface area (Å²) >= 11 is 0. The fourth-order valence-electron chi connectivity index (χ4n) is 4.16. The predicted molar refractivity (Wildman–Crippen MR) is 132 cm³/mol. The van der Waals surface area contributed by atoms with Crippen LogP contribution in [-0.4, -0.2) is 64.7 Å². The highest BCUT2D eigenvalue weighted by atomic mass is 32.2. The Labute approximate surface area is 205 Å². The molecule has 1 aromatic carbocycles. The lowest BCUT2D eigenvalue weighted by Crippen LogP contribution is -2.44. The van der Waals surface area contributed by atoms with Gasteiger partial charge in [0.25, 0.3) is 10.0 Å². The van der Waals surface area contributed by atoms with E-state index in [2.05, 4.69) is 9.71 Å². The van der Waals surface area contributed by atoms with Crippen molar-refractivity contribution in [1.82, 2.24) is 18.4 Å². The molecule has 1 aliphatic heterocycles. The number of hydrogen-bond acceptors (Lipinski definition) is 8. The quantitative estimate of drug-likeness (QED) is 0.446. The van der Waals surface area contributed by atoms with E-state index in [-0.39, 0.29) is 23.0 Å². The zero-order valence-corrected chi connectivity index (χ0v) is 22.0. The van der Waals surface area contributed by atoms with Crippen LogP contribution in [0.25, 0.3) is 10.9 Å². The van der Waals surface area contributed by atoms with Gasteiger partial charge in [0.1, 0.15) is 0 Å². The monoisotopic (exact) mass is 525 g/mol. The zero-order valence-electron chi connectivity index (χ0n) is 20.4. The second-order valence-corrected chi connectivity index (χ2v) is 13.3. The number of nitrogens with zero attached hydrogens (tertiary/aromatic N) is 4. The summed E-state index contributed by atoms with van der Waals surface area (Å²) in [6, 6.07) is 4.76. The van der Waals surface area contributed by atoms with Crippen molar-refractivity contribution in [2.24, 2.45) is 7.05 Å². The SMILES string of the molecule is CCS(=O)(=O)n1c2c(c3cc(NS(=O)(=O)c4cn(C)cn4)ccc31)CN(C(O)OC(C)(C)C)CC2. The number of anilines is 1. The Morgan fingerprint density at radius 3 is 2.54 bits per heavy atom. The molecule has 0 radical (unpaired) electrons. The second kappa shape index (κ2) is 8.89. The summed E-state index contributed by atoms with van der Waals surface area (Å²) in [5.41, 5.74) is 1.51. The number of aryl methyl sites for hydroxylation is 1. The van der Waals surface area contributed by atoms with Gasteiger partial charge < -0.3 is 14.4 Å². The molecular formula is C22H31N5O6S2. The lowest BCUT2D eigenvalue weighted by atomic mass is 10.0. The molecule has 0 fully saturated rings. The van der Waals surface area contributed by atoms with E-state index in [0.29, 0.717) is 35.1 Å². The van der Waals surface area contributed by atoms with Crippen LogP contribution in [0.3, 0.4) is 0 Å². The lowest BCUT2D eigenvalue weighted by Gasteiger charge is -2.35. The molecule has 3 heterocycles. The molecule has 0 saturated carbocycles. The summed E-state index contributed by atoms with van der Waals surface area (Å²) in [6.45, 7) is 7.74. The highest BCUT2D eigenvalue weighted by Gasteiger charge is 2.32. The van der Waals surface area contributed by atoms with Crippen molar-refractivity contribution in [3.63, 3.8) is 0 Å². The number of nitrogens with one attached hydrogen (secondary N) is 1. The topological polar surface area (TPSA) is 136 Å². The van der Waals surface area contributed by atoms with E-state index in [1.165, 1.54) is 27.1 Å². The maximum atomic E-state index is 13.0. The van der Waals surface area contributed by atoms with Crippen LogP contribution in [0.15, 0.2) is 35.7 Å². The van der Waals surface area contributed by atoms with Crippen LogP contribution in [0, 0.1) is 0 Å². The molecule has 1 aliphatic rings. The number of hydrogen-bond donors (Lipinski definition) is 2. The number of benzene rings is 1. The highest BCUT2D eigenvalue weighted by molar-refractivity contribution is 7.92. The lowest BCUT2D eigenvalue weighted by molar-refractivity contribution is -0.242. The number of sulfonamides is 1. The number of ether oxygens (including phenoxy) is 1. The van der Waals surface area contributed by atoms with Crippen molar-refractivity contribution in [2.75, 3.05) is 17.0 Å². The minimum atomic E-state index is -3.93. The third kappa shape index (κ3) is 5.09. The Hall–Kier alpha value is -2.45. The van der Waals surface area contributed by atoms with Gasteiger partial charge in [-0.25, -0.2) is 17.4 Å². The molecule has 1 atom stereocenters. The van der Waals surface area contributed by atoms with Crippen LogP contribution in [-0.2, 0) is 44.8 Å². The molecule has 35 heavy (non-hydrogen) atoms. The molecule has 13 heteroatoms. The average molecular weight is 526 g/mol. The summed E-state index contributed by atoms with van der Waals surface area (Å²) in [5.74, 6) is -0.0866. The molecule has 0 saturated heterocycles. The van der Waals surface area contributed by atoms with Crippen molar-refractivity contribution in [2.45, 2.75) is 57.7 Å². The van der Waals surface area contributed by atoms with Crippen LogP contribution in [0.4, 0.5) is 5.69 Å². The molecule has 192 valence electrons. The van der Waals surface area contributed by atoms with Gasteiger partial charge in [0.15, 0.2) is 5.03 Å². The number of aliphatic hydroxyl groups is 1. The van der Waals surface area contributed by atoms with E-state index in [1.807, 2.05) is 20.8 Å². The Bertz CT molecular complexity index is 1470. The molecule has 0 aliphatic carbocycles. The number of aliphatic hydroxyl groups excluding tert-OH is 1. The molecule has 1 unspecified atom stereocenters. The van der Waals surface area contributed by atoms with Crippen molar-refractivity contribution >= 4 is 36.6 Å². The summed E-state index contributed by atoms with van der Waals surface area (Å²) < 4.78 is 62.7. The van der Waals surface area contributed by atoms with Gasteiger partial charge in [0.2, 0.25) is 16.4 Å². The standard InChI is InChI=1S/C22H31N5O6S2/c1-6-34(29,30)27-18-8-7-15(24-35(31,32)20-13-25(5)14-23-20)11-16(18)17-12-26(10-9-19(17)27)21(28)33-22(2,3)4/h7-8,11,13-14,21,24,28H,6,9-10,12H2,1-5H3. The number of aromatic nitrogens is 3. The van der Waals surface area contributed by atoms with Gasteiger partial charge >= 0.3 is 0 Å². The van der Waals surface area contributed by atoms with E-state index in [4.69, 9.17) is 4.74 Å². The van der Waals surface area contributed by atoms with Gasteiger partial charge in [-0.1, -0.05) is 0 Å². The number of fused-ring (bicyclic) bond motifs is 3. The van der Waals surface area contributed by atoms with E-state index < -0.39 is 32.1 Å². The van der Waals surface area contributed by atoms with Gasteiger partial charge in [-0.3, -0.25) is 9.62 Å². The van der Waals surface area contributed by atoms with Gasteiger partial charge in [-0.2, -0.15) is 8.42 Å². The fourth-order valence-corrected chi connectivity index (χ4v) is 6.45. The van der Waals surface area contributed by atoms with Crippen molar-refractivity contribution in [3.8, 4) is 0 Å². The highest BCUT2D eigenvalue weighted by Crippen LogP contribution is 2.35. The average Bonchev–Trinajstić information content (AvgIpc) is 3.34. The Balaban J connectivity index is 1.79. The van der Waals surface area contributed by atoms with Gasteiger partial charge in [-0.15, -0.1) is 0 Å². The third-order valence-corrected chi connectivity index (χ3v) is 8.72. The van der Waals surface area contributed by atoms with Crippen LogP contribution in [0.1, 0.15) is 39.0 Å². The largest absolute Gasteiger partial charge is 0.356 e. The van der Waals surface area contributed by atoms with Gasteiger partial charge in [0.05, 0.1) is 23.2 Å². The van der Waals surface area contributed by atoms with Crippen LogP contribution < -0.4 is 4.72 Å². The van der Waals surface area contributed by atoms with Crippen LogP contribution in [0.2, 0.25) is 0 Å². The summed E-state index contributed by atoms with van der Waals surface area (Å²) in [4.78, 5) is 5.63. The van der Waals surface area contributed by atoms with E-state index >= 15 is 0 Å². The van der Waals surface area contributed by atoms with Crippen molar-refractivity contribution in [1.29, 1.82) is 0 Å². The minimum Gasteiger partial charge on any atom is -0.356 e. The predicted octanol–water partition coefficient (Wildman–Crippen LogP) is 1.82. The number of rotatable bonds is 7. The first-order valence-corrected chi connectivity index (χ1v) is 14.3. The number of imidazole rings is 1. The molecule has 3 aromatic rings. The summed E-state index contributed by atoms with van der Waals surface area (Å²) in [6.07, 6.45) is 1.99. The zero-order chi connectivity index (χ0) is 25.8. The first-order chi connectivity index (χ1) is 16.2. The molecule has 0 spiro atoms. The molecule has 4 rings (SSSR count). The van der Waals surface area contributed by atoms with Gasteiger partial charge in [-0.05, 0) is 51.5 Å². The normalized spacial score (nSPS) is 16.4. The smallest absolute Gasteiger partial charge is 0.280 e. The maximum absolute atomic E-state index is 13.0. The second-order valence-electron chi connectivity index (χ2n) is 9.58. The Kier molecular flexibility index (Phi) is 6.51. The first-order valence-electron chi connectivity index (χ1n) is 11.2. The summed E-state index contributed by atoms with van der Waals surface area (Å²) in [7, 11) is -5.88. The fraction of sp³-hybridized carbons (Fsp3) is 0.500. The van der Waals surface area contributed by atoms with Gasteiger partial charge in [0, 0.05) is 49.5 Å². The molecule has 2 N–H and O–H groups in total. The molecule has 0 bridgehead atoms. The van der Waals surface area contributed by atoms with Crippen molar-refractivity contribution in [3.05, 3.63) is 42.0 Å². The Morgan fingerprint density at radius 1 is 1.23 bits per heavy atom. The van der Waals surface area contributed by atoms with E-state index in [0.717, 1.165) is 0 Å². The molecular weight excluding hydrogens is 494 g/mol.